The number of amides is 1. The van der Waals surface area contributed by atoms with Gasteiger partial charge in [-0.3, -0.25) is 10.1 Å². The maximum Gasteiger partial charge on any atom is 0.293 e. The molecular weight excluding hydrogens is 372 g/mol. The van der Waals surface area contributed by atoms with Crippen molar-refractivity contribution in [1.29, 1.82) is 0 Å². The van der Waals surface area contributed by atoms with Crippen LogP contribution in [0.2, 0.25) is 5.02 Å². The van der Waals surface area contributed by atoms with E-state index in [-0.39, 0.29) is 11.7 Å². The van der Waals surface area contributed by atoms with Gasteiger partial charge >= 0.3 is 0 Å². The first kappa shape index (κ1) is 16.6. The minimum Gasteiger partial charge on any atom is -0.493 e. The number of benzene rings is 2. The second-order valence-electron chi connectivity index (χ2n) is 5.49. The normalized spacial score (nSPS) is 10.8. The third kappa shape index (κ3) is 3.16. The zero-order valence-electron chi connectivity index (χ0n) is 13.7. The van der Waals surface area contributed by atoms with E-state index in [1.165, 1.54) is 11.3 Å². The van der Waals surface area contributed by atoms with E-state index in [1.54, 1.807) is 31.4 Å². The number of halogens is 1. The SMILES string of the molecule is COc1cccc2cc(C(=O)Nc3nc(-c4ccc(Cl)cc4)cs3)oc12. The van der Waals surface area contributed by atoms with Gasteiger partial charge in [-0.15, -0.1) is 11.3 Å². The number of thiazole rings is 1. The van der Waals surface area contributed by atoms with E-state index in [2.05, 4.69) is 10.3 Å². The van der Waals surface area contributed by atoms with Crippen molar-refractivity contribution < 1.29 is 13.9 Å². The Bertz CT molecular complexity index is 1090. The Balaban J connectivity index is 1.56. The van der Waals surface area contributed by atoms with Gasteiger partial charge in [-0.05, 0) is 24.3 Å². The highest BCUT2D eigenvalue weighted by Gasteiger charge is 2.16. The predicted molar refractivity (Wildman–Crippen MR) is 103 cm³/mol. The van der Waals surface area contributed by atoms with Crippen LogP contribution in [0.3, 0.4) is 0 Å². The molecular formula is C19H13ClN2O3S. The van der Waals surface area contributed by atoms with Crippen LogP contribution in [0.1, 0.15) is 10.6 Å². The van der Waals surface area contributed by atoms with Crippen LogP contribution in [0, 0.1) is 0 Å². The molecule has 0 bridgehead atoms. The number of anilines is 1. The largest absolute Gasteiger partial charge is 0.493 e. The van der Waals surface area contributed by atoms with E-state index in [0.717, 1.165) is 16.6 Å². The number of para-hydroxylation sites is 1. The highest BCUT2D eigenvalue weighted by molar-refractivity contribution is 7.14. The summed E-state index contributed by atoms with van der Waals surface area (Å²) in [6.07, 6.45) is 0. The molecule has 0 saturated carbocycles. The lowest BCUT2D eigenvalue weighted by Gasteiger charge is -1.99. The Morgan fingerprint density at radius 1 is 1.23 bits per heavy atom. The lowest BCUT2D eigenvalue weighted by atomic mass is 10.2. The molecule has 5 nitrogen and oxygen atoms in total. The fourth-order valence-corrected chi connectivity index (χ4v) is 3.39. The fourth-order valence-electron chi connectivity index (χ4n) is 2.55. The lowest BCUT2D eigenvalue weighted by molar-refractivity contribution is 0.0998. The van der Waals surface area contributed by atoms with Gasteiger partial charge in [0.2, 0.25) is 0 Å². The van der Waals surface area contributed by atoms with Crippen LogP contribution in [-0.4, -0.2) is 18.0 Å². The number of carbonyl (C=O) groups excluding carboxylic acids is 1. The Morgan fingerprint density at radius 2 is 2.04 bits per heavy atom. The smallest absolute Gasteiger partial charge is 0.293 e. The van der Waals surface area contributed by atoms with Crippen molar-refractivity contribution in [1.82, 2.24) is 4.98 Å². The number of furan rings is 1. The van der Waals surface area contributed by atoms with Crippen LogP contribution in [0.15, 0.2) is 58.3 Å². The first-order valence-electron chi connectivity index (χ1n) is 7.73. The molecule has 7 heteroatoms. The summed E-state index contributed by atoms with van der Waals surface area (Å²) in [4.78, 5) is 16.9. The van der Waals surface area contributed by atoms with Gasteiger partial charge in [0.25, 0.3) is 5.91 Å². The number of methoxy groups -OCH3 is 1. The van der Waals surface area contributed by atoms with Gasteiger partial charge in [0.05, 0.1) is 12.8 Å². The topological polar surface area (TPSA) is 64.4 Å². The quantitative estimate of drug-likeness (QED) is 0.506. The first-order chi connectivity index (χ1) is 12.6. The van der Waals surface area contributed by atoms with Crippen LogP contribution in [0.25, 0.3) is 22.2 Å². The molecule has 0 aliphatic rings. The molecule has 2 heterocycles. The third-order valence-corrected chi connectivity index (χ3v) is 4.83. The Labute approximate surface area is 158 Å². The number of hydrogen-bond donors (Lipinski definition) is 1. The van der Waals surface area contributed by atoms with E-state index >= 15 is 0 Å². The van der Waals surface area contributed by atoms with Crippen molar-refractivity contribution in [2.75, 3.05) is 12.4 Å². The van der Waals surface area contributed by atoms with Crippen molar-refractivity contribution in [3.05, 3.63) is 64.7 Å². The Morgan fingerprint density at radius 3 is 2.81 bits per heavy atom. The molecule has 0 aliphatic heterocycles. The zero-order valence-corrected chi connectivity index (χ0v) is 15.2. The van der Waals surface area contributed by atoms with Gasteiger partial charge in [0.1, 0.15) is 0 Å². The molecule has 0 radical (unpaired) electrons. The molecule has 2 aromatic heterocycles. The van der Waals surface area contributed by atoms with Gasteiger partial charge in [-0.1, -0.05) is 35.9 Å². The maximum atomic E-state index is 12.5. The molecule has 1 amide bonds. The number of nitrogens with one attached hydrogen (secondary N) is 1. The Kier molecular flexibility index (Phi) is 4.36. The highest BCUT2D eigenvalue weighted by atomic mass is 35.5. The van der Waals surface area contributed by atoms with Gasteiger partial charge in [0, 0.05) is 21.4 Å². The number of aromatic nitrogens is 1. The van der Waals surface area contributed by atoms with Crippen LogP contribution >= 0.6 is 22.9 Å². The van der Waals surface area contributed by atoms with Crippen molar-refractivity contribution >= 4 is 44.9 Å². The second kappa shape index (κ2) is 6.82. The van der Waals surface area contributed by atoms with E-state index in [1.807, 2.05) is 29.6 Å². The summed E-state index contributed by atoms with van der Waals surface area (Å²) in [5, 5.41) is 6.60. The van der Waals surface area contributed by atoms with Crippen LogP contribution in [0.5, 0.6) is 5.75 Å². The Hall–Kier alpha value is -2.83. The molecule has 130 valence electrons. The molecule has 0 aliphatic carbocycles. The summed E-state index contributed by atoms with van der Waals surface area (Å²) in [5.41, 5.74) is 2.24. The fraction of sp³-hybridized carbons (Fsp3) is 0.0526. The van der Waals surface area contributed by atoms with Crippen molar-refractivity contribution in [3.63, 3.8) is 0 Å². The molecule has 4 rings (SSSR count). The number of carbonyl (C=O) groups is 1. The summed E-state index contributed by atoms with van der Waals surface area (Å²) in [7, 11) is 1.56. The number of nitrogens with zero attached hydrogens (tertiary/aromatic N) is 1. The van der Waals surface area contributed by atoms with Crippen LogP contribution < -0.4 is 10.1 Å². The summed E-state index contributed by atoms with van der Waals surface area (Å²) in [5.74, 6) is 0.425. The minimum absolute atomic E-state index is 0.202. The molecule has 0 saturated heterocycles. The average Bonchev–Trinajstić information content (AvgIpc) is 3.29. The van der Waals surface area contributed by atoms with Crippen molar-refractivity contribution in [2.45, 2.75) is 0 Å². The number of fused-ring (bicyclic) bond motifs is 1. The molecule has 26 heavy (non-hydrogen) atoms. The molecule has 0 spiro atoms. The summed E-state index contributed by atoms with van der Waals surface area (Å²) in [6.45, 7) is 0. The van der Waals surface area contributed by atoms with E-state index < -0.39 is 0 Å². The number of rotatable bonds is 4. The van der Waals surface area contributed by atoms with Crippen LogP contribution in [-0.2, 0) is 0 Å². The summed E-state index contributed by atoms with van der Waals surface area (Å²) >= 11 is 7.25. The van der Waals surface area contributed by atoms with Gasteiger partial charge in [-0.2, -0.15) is 0 Å². The molecule has 4 aromatic rings. The summed E-state index contributed by atoms with van der Waals surface area (Å²) < 4.78 is 10.9. The highest BCUT2D eigenvalue weighted by Crippen LogP contribution is 2.30. The average molecular weight is 385 g/mol. The number of hydrogen-bond acceptors (Lipinski definition) is 5. The zero-order chi connectivity index (χ0) is 18.1. The van der Waals surface area contributed by atoms with Gasteiger partial charge in [-0.25, -0.2) is 4.98 Å². The molecule has 0 unspecified atom stereocenters. The maximum absolute atomic E-state index is 12.5. The standard InChI is InChI=1S/C19H13ClN2O3S/c1-24-15-4-2-3-12-9-16(25-17(12)15)18(23)22-19-21-14(10-26-19)11-5-7-13(20)8-6-11/h2-10H,1H3,(H,21,22,23). The van der Waals surface area contributed by atoms with Crippen molar-refractivity contribution in [2.24, 2.45) is 0 Å². The molecule has 0 atom stereocenters. The number of ether oxygens (including phenoxy) is 1. The minimum atomic E-state index is -0.361. The first-order valence-corrected chi connectivity index (χ1v) is 8.99. The monoisotopic (exact) mass is 384 g/mol. The van der Waals surface area contributed by atoms with Gasteiger partial charge < -0.3 is 9.15 Å². The summed E-state index contributed by atoms with van der Waals surface area (Å²) in [6, 6.07) is 14.5. The lowest BCUT2D eigenvalue weighted by Crippen LogP contribution is -2.10. The van der Waals surface area contributed by atoms with E-state index in [0.29, 0.717) is 21.5 Å². The van der Waals surface area contributed by atoms with Crippen LogP contribution in [0.4, 0.5) is 5.13 Å². The predicted octanol–water partition coefficient (Wildman–Crippen LogP) is 5.47. The van der Waals surface area contributed by atoms with Crippen molar-refractivity contribution in [3.8, 4) is 17.0 Å². The molecule has 0 fully saturated rings. The molecule has 1 N–H and O–H groups in total. The van der Waals surface area contributed by atoms with Gasteiger partial charge in [0.15, 0.2) is 22.2 Å². The molecule has 2 aromatic carbocycles. The second-order valence-corrected chi connectivity index (χ2v) is 6.78. The van der Waals surface area contributed by atoms with E-state index in [9.17, 15) is 4.79 Å². The third-order valence-electron chi connectivity index (χ3n) is 3.82. The van der Waals surface area contributed by atoms with E-state index in [4.69, 9.17) is 20.8 Å².